The number of likely N-dealkylation sites (N-methyl/N-ethyl adjacent to an activating group) is 1. The summed E-state index contributed by atoms with van der Waals surface area (Å²) in [5.74, 6) is 0.945. The first-order chi connectivity index (χ1) is 10.3. The van der Waals surface area contributed by atoms with E-state index < -0.39 is 0 Å². The van der Waals surface area contributed by atoms with Crippen molar-refractivity contribution in [1.82, 2.24) is 9.88 Å². The van der Waals surface area contributed by atoms with Gasteiger partial charge in [0.2, 0.25) is 0 Å². The Hall–Kier alpha value is -2.20. The van der Waals surface area contributed by atoms with Crippen molar-refractivity contribution in [2.75, 3.05) is 20.7 Å². The quantitative estimate of drug-likeness (QED) is 0.783. The smallest absolute Gasteiger partial charge is 0.128 e. The number of fused-ring (bicyclic) bond motifs is 3. The Bertz CT molecular complexity index is 774. The van der Waals surface area contributed by atoms with Crippen LogP contribution in [0.5, 0.6) is 5.75 Å². The van der Waals surface area contributed by atoms with Gasteiger partial charge in [-0.15, -0.1) is 0 Å². The van der Waals surface area contributed by atoms with Gasteiger partial charge in [-0.2, -0.15) is 0 Å². The van der Waals surface area contributed by atoms with E-state index in [0.717, 1.165) is 24.2 Å². The lowest BCUT2D eigenvalue weighted by molar-refractivity contribution is 0.260. The molecule has 1 aliphatic rings. The van der Waals surface area contributed by atoms with Gasteiger partial charge in [0.25, 0.3) is 0 Å². The molecule has 0 aliphatic carbocycles. The standard InChI is InChI=1S/C17H18N2O2/c1-19-8-6-12-15-13(4-3-5-14(15)20-2)18-16(12)17(19)11-7-9-21-10-11/h3-5,7,9-10,17-18H,6,8H2,1-2H3. The number of nitrogens with zero attached hydrogens (tertiary/aromatic N) is 1. The van der Waals surface area contributed by atoms with Crippen LogP contribution in [-0.4, -0.2) is 30.6 Å². The molecule has 1 atom stereocenters. The Kier molecular flexibility index (Phi) is 2.79. The second kappa shape index (κ2) is 4.67. The largest absolute Gasteiger partial charge is 0.496 e. The van der Waals surface area contributed by atoms with Crippen LogP contribution in [0.15, 0.2) is 41.2 Å². The highest BCUT2D eigenvalue weighted by atomic mass is 16.5. The molecular weight excluding hydrogens is 264 g/mol. The number of methoxy groups -OCH3 is 1. The van der Waals surface area contributed by atoms with Gasteiger partial charge in [0, 0.05) is 28.7 Å². The van der Waals surface area contributed by atoms with Crippen molar-refractivity contribution in [2.45, 2.75) is 12.5 Å². The zero-order valence-electron chi connectivity index (χ0n) is 12.2. The maximum Gasteiger partial charge on any atom is 0.128 e. The van der Waals surface area contributed by atoms with E-state index in [-0.39, 0.29) is 6.04 Å². The number of hydrogen-bond acceptors (Lipinski definition) is 3. The summed E-state index contributed by atoms with van der Waals surface area (Å²) >= 11 is 0. The van der Waals surface area contributed by atoms with E-state index >= 15 is 0 Å². The number of benzene rings is 1. The van der Waals surface area contributed by atoms with Crippen molar-refractivity contribution in [2.24, 2.45) is 0 Å². The lowest BCUT2D eigenvalue weighted by Gasteiger charge is -2.32. The highest BCUT2D eigenvalue weighted by Crippen LogP contribution is 2.40. The van der Waals surface area contributed by atoms with E-state index in [1.54, 1.807) is 13.4 Å². The van der Waals surface area contributed by atoms with Crippen LogP contribution >= 0.6 is 0 Å². The third-order valence-corrected chi connectivity index (χ3v) is 4.43. The minimum Gasteiger partial charge on any atom is -0.496 e. The number of aromatic nitrogens is 1. The molecular formula is C17H18N2O2. The molecule has 0 amide bonds. The molecule has 0 spiro atoms. The zero-order valence-corrected chi connectivity index (χ0v) is 12.2. The summed E-state index contributed by atoms with van der Waals surface area (Å²) in [5, 5.41) is 1.22. The van der Waals surface area contributed by atoms with Crippen molar-refractivity contribution >= 4 is 10.9 Å². The summed E-state index contributed by atoms with van der Waals surface area (Å²) in [7, 11) is 3.89. The van der Waals surface area contributed by atoms with Crippen LogP contribution in [-0.2, 0) is 6.42 Å². The fraction of sp³-hybridized carbons (Fsp3) is 0.294. The number of nitrogens with one attached hydrogen (secondary N) is 1. The van der Waals surface area contributed by atoms with Gasteiger partial charge in [-0.05, 0) is 37.2 Å². The lowest BCUT2D eigenvalue weighted by Crippen LogP contribution is -2.32. The molecule has 4 heteroatoms. The summed E-state index contributed by atoms with van der Waals surface area (Å²) in [6, 6.07) is 8.42. The molecule has 4 rings (SSSR count). The predicted octanol–water partition coefficient (Wildman–Crippen LogP) is 3.35. The van der Waals surface area contributed by atoms with E-state index in [2.05, 4.69) is 23.0 Å². The molecule has 0 radical (unpaired) electrons. The average molecular weight is 282 g/mol. The maximum absolute atomic E-state index is 5.55. The van der Waals surface area contributed by atoms with Crippen molar-refractivity contribution in [3.63, 3.8) is 0 Å². The van der Waals surface area contributed by atoms with Gasteiger partial charge in [-0.25, -0.2) is 0 Å². The summed E-state index contributed by atoms with van der Waals surface area (Å²) < 4.78 is 10.8. The number of furan rings is 1. The number of ether oxygens (including phenoxy) is 1. The van der Waals surface area contributed by atoms with Gasteiger partial charge < -0.3 is 14.1 Å². The Morgan fingerprint density at radius 1 is 1.33 bits per heavy atom. The summed E-state index contributed by atoms with van der Waals surface area (Å²) in [6.07, 6.45) is 4.60. The molecule has 4 nitrogen and oxygen atoms in total. The van der Waals surface area contributed by atoms with E-state index in [1.165, 1.54) is 22.2 Å². The molecule has 3 heterocycles. The minimum atomic E-state index is 0.213. The predicted molar refractivity (Wildman–Crippen MR) is 81.7 cm³/mol. The van der Waals surface area contributed by atoms with Gasteiger partial charge in [-0.3, -0.25) is 4.90 Å². The van der Waals surface area contributed by atoms with Gasteiger partial charge in [0.15, 0.2) is 0 Å². The third-order valence-electron chi connectivity index (χ3n) is 4.43. The average Bonchev–Trinajstić information content (AvgIpc) is 3.13. The molecule has 2 aromatic heterocycles. The molecule has 1 N–H and O–H groups in total. The SMILES string of the molecule is COc1cccc2[nH]c3c(c12)CCN(C)C3c1ccoc1. The first kappa shape index (κ1) is 12.5. The second-order valence-corrected chi connectivity index (χ2v) is 5.59. The van der Waals surface area contributed by atoms with Crippen LogP contribution in [0.2, 0.25) is 0 Å². The number of aromatic amines is 1. The molecule has 21 heavy (non-hydrogen) atoms. The Balaban J connectivity index is 1.97. The van der Waals surface area contributed by atoms with Crippen LogP contribution in [0.1, 0.15) is 22.9 Å². The molecule has 0 saturated carbocycles. The first-order valence-electron chi connectivity index (χ1n) is 7.19. The molecule has 108 valence electrons. The summed E-state index contributed by atoms with van der Waals surface area (Å²) in [4.78, 5) is 5.95. The molecule has 0 bridgehead atoms. The van der Waals surface area contributed by atoms with E-state index in [1.807, 2.05) is 24.5 Å². The van der Waals surface area contributed by atoms with Gasteiger partial charge >= 0.3 is 0 Å². The molecule has 0 fully saturated rings. The number of rotatable bonds is 2. The summed E-state index contributed by atoms with van der Waals surface area (Å²) in [5.41, 5.74) is 4.95. The van der Waals surface area contributed by atoms with Crippen molar-refractivity contribution in [1.29, 1.82) is 0 Å². The van der Waals surface area contributed by atoms with Gasteiger partial charge in [0.1, 0.15) is 5.75 Å². The van der Waals surface area contributed by atoms with Crippen molar-refractivity contribution < 1.29 is 9.15 Å². The number of hydrogen-bond donors (Lipinski definition) is 1. The molecule has 0 saturated heterocycles. The van der Waals surface area contributed by atoms with Crippen LogP contribution in [0.3, 0.4) is 0 Å². The normalized spacial score (nSPS) is 18.9. The monoisotopic (exact) mass is 282 g/mol. The lowest BCUT2D eigenvalue weighted by atomic mass is 9.94. The Morgan fingerprint density at radius 3 is 3.00 bits per heavy atom. The van der Waals surface area contributed by atoms with Gasteiger partial charge in [-0.1, -0.05) is 6.07 Å². The second-order valence-electron chi connectivity index (χ2n) is 5.59. The fourth-order valence-corrected chi connectivity index (χ4v) is 3.45. The Labute approximate surface area is 123 Å². The van der Waals surface area contributed by atoms with Crippen LogP contribution in [0, 0.1) is 0 Å². The van der Waals surface area contributed by atoms with E-state index in [4.69, 9.17) is 9.15 Å². The molecule has 1 unspecified atom stereocenters. The molecule has 3 aromatic rings. The third kappa shape index (κ3) is 1.79. The van der Waals surface area contributed by atoms with Crippen LogP contribution in [0.4, 0.5) is 0 Å². The van der Waals surface area contributed by atoms with E-state index in [0.29, 0.717) is 0 Å². The highest BCUT2D eigenvalue weighted by Gasteiger charge is 2.30. The summed E-state index contributed by atoms with van der Waals surface area (Å²) in [6.45, 7) is 1.02. The van der Waals surface area contributed by atoms with Crippen LogP contribution < -0.4 is 4.74 Å². The zero-order chi connectivity index (χ0) is 14.4. The molecule has 1 aromatic carbocycles. The molecule has 1 aliphatic heterocycles. The topological polar surface area (TPSA) is 41.4 Å². The van der Waals surface area contributed by atoms with Crippen molar-refractivity contribution in [3.05, 3.63) is 53.6 Å². The van der Waals surface area contributed by atoms with E-state index in [9.17, 15) is 0 Å². The van der Waals surface area contributed by atoms with Gasteiger partial charge in [0.05, 0.1) is 25.7 Å². The maximum atomic E-state index is 5.55. The fourth-order valence-electron chi connectivity index (χ4n) is 3.45. The minimum absolute atomic E-state index is 0.213. The first-order valence-corrected chi connectivity index (χ1v) is 7.19. The Morgan fingerprint density at radius 2 is 2.24 bits per heavy atom. The van der Waals surface area contributed by atoms with Crippen molar-refractivity contribution in [3.8, 4) is 5.75 Å². The van der Waals surface area contributed by atoms with Crippen LogP contribution in [0.25, 0.3) is 10.9 Å². The number of H-pyrrole nitrogens is 1. The highest BCUT2D eigenvalue weighted by molar-refractivity contribution is 5.91.